The lowest BCUT2D eigenvalue weighted by Gasteiger charge is -2.27. The second-order valence-corrected chi connectivity index (χ2v) is 14.2. The van der Waals surface area contributed by atoms with Gasteiger partial charge in [0.2, 0.25) is 5.91 Å². The molecule has 0 unspecified atom stereocenters. The largest absolute Gasteiger partial charge is 0.481 e. The summed E-state index contributed by atoms with van der Waals surface area (Å²) in [6, 6.07) is 0. The van der Waals surface area contributed by atoms with E-state index in [1.165, 1.54) is 22.7 Å². The van der Waals surface area contributed by atoms with Gasteiger partial charge in [-0.05, 0) is 60.8 Å². The number of rotatable bonds is 17. The van der Waals surface area contributed by atoms with E-state index >= 15 is 0 Å². The van der Waals surface area contributed by atoms with E-state index in [1.807, 2.05) is 5.38 Å². The van der Waals surface area contributed by atoms with Gasteiger partial charge in [0, 0.05) is 56.3 Å². The summed E-state index contributed by atoms with van der Waals surface area (Å²) in [6.45, 7) is 12.7. The van der Waals surface area contributed by atoms with E-state index in [4.69, 9.17) is 14.6 Å². The molecule has 0 saturated heterocycles. The highest BCUT2D eigenvalue weighted by atomic mass is 32.1. The fourth-order valence-electron chi connectivity index (χ4n) is 3.75. The zero-order chi connectivity index (χ0) is 34.3. The number of nitrogens with one attached hydrogen (secondary N) is 3. The number of carboxylic acid groups (broad SMARTS) is 1. The Hall–Kier alpha value is -3.79. The molecule has 16 heteroatoms. The Kier molecular flexibility index (Phi) is 15.3. The Labute approximate surface area is 277 Å². The van der Waals surface area contributed by atoms with Crippen LogP contribution < -0.4 is 16.0 Å². The number of alkyl carbamates (subject to hydrolysis) is 1. The number of nitrogens with zero attached hydrogens (tertiary/aromatic N) is 3. The first-order valence-electron chi connectivity index (χ1n) is 15.1. The minimum atomic E-state index is -1.02. The lowest BCUT2D eigenvalue weighted by molar-refractivity contribution is -0.138. The summed E-state index contributed by atoms with van der Waals surface area (Å²) in [5.74, 6) is -1.67. The third-order valence-corrected chi connectivity index (χ3v) is 7.57. The van der Waals surface area contributed by atoms with Gasteiger partial charge in [0.25, 0.3) is 5.91 Å². The van der Waals surface area contributed by atoms with Gasteiger partial charge >= 0.3 is 18.2 Å². The third-order valence-electron chi connectivity index (χ3n) is 5.80. The molecule has 0 aliphatic rings. The molecular formula is C30H46N6O8S2. The number of hydrogen-bond donors (Lipinski definition) is 4. The molecule has 0 spiro atoms. The van der Waals surface area contributed by atoms with Crippen LogP contribution in [0.2, 0.25) is 0 Å². The van der Waals surface area contributed by atoms with Crippen molar-refractivity contribution in [1.29, 1.82) is 0 Å². The van der Waals surface area contributed by atoms with Gasteiger partial charge in [-0.25, -0.2) is 19.6 Å². The molecule has 0 fully saturated rings. The molecule has 2 rings (SSSR count). The van der Waals surface area contributed by atoms with Gasteiger partial charge < -0.3 is 35.4 Å². The van der Waals surface area contributed by atoms with E-state index in [2.05, 4.69) is 25.9 Å². The second kappa shape index (κ2) is 18.4. The summed E-state index contributed by atoms with van der Waals surface area (Å²) < 4.78 is 10.8. The van der Waals surface area contributed by atoms with Crippen LogP contribution in [0.1, 0.15) is 89.1 Å². The fourth-order valence-corrected chi connectivity index (χ4v) is 5.37. The highest BCUT2D eigenvalue weighted by molar-refractivity contribution is 7.14. The molecule has 0 aromatic carbocycles. The highest BCUT2D eigenvalue weighted by Gasteiger charge is 2.22. The van der Waals surface area contributed by atoms with Crippen LogP contribution in [0.25, 0.3) is 10.7 Å². The molecule has 14 nitrogen and oxygen atoms in total. The predicted molar refractivity (Wildman–Crippen MR) is 175 cm³/mol. The third kappa shape index (κ3) is 16.0. The van der Waals surface area contributed by atoms with Crippen molar-refractivity contribution in [1.82, 2.24) is 30.8 Å². The van der Waals surface area contributed by atoms with Crippen molar-refractivity contribution in [3.05, 3.63) is 21.5 Å². The summed E-state index contributed by atoms with van der Waals surface area (Å²) in [7, 11) is 0. The number of aliphatic carboxylic acids is 1. The number of hydrogen-bond acceptors (Lipinski definition) is 11. The average molecular weight is 683 g/mol. The fraction of sp³-hybridized carbons (Fsp3) is 0.633. The number of aromatic nitrogens is 2. The Balaban J connectivity index is 1.79. The van der Waals surface area contributed by atoms with Crippen molar-refractivity contribution in [3.8, 4) is 10.7 Å². The van der Waals surface area contributed by atoms with Crippen molar-refractivity contribution >= 4 is 52.6 Å². The predicted octanol–water partition coefficient (Wildman–Crippen LogP) is 4.45. The van der Waals surface area contributed by atoms with Crippen LogP contribution in [0.15, 0.2) is 10.8 Å². The number of thiazole rings is 2. The molecule has 0 saturated carbocycles. The first-order valence-corrected chi connectivity index (χ1v) is 16.9. The molecule has 2 aromatic rings. The zero-order valence-electron chi connectivity index (χ0n) is 27.4. The van der Waals surface area contributed by atoms with Crippen LogP contribution in [0.4, 0.5) is 9.59 Å². The maximum atomic E-state index is 12.8. The lowest BCUT2D eigenvalue weighted by Crippen LogP contribution is -2.39. The van der Waals surface area contributed by atoms with E-state index in [1.54, 1.807) is 51.8 Å². The number of amides is 4. The van der Waals surface area contributed by atoms with Crippen LogP contribution in [0.5, 0.6) is 0 Å². The molecule has 0 radical (unpaired) electrons. The van der Waals surface area contributed by atoms with Crippen LogP contribution in [0, 0.1) is 0 Å². The number of carbonyl (C=O) groups excluding carboxylic acids is 4. The molecular weight excluding hydrogens is 636 g/mol. The molecule has 4 amide bonds. The molecule has 4 N–H and O–H groups in total. The number of carboxylic acids is 1. The van der Waals surface area contributed by atoms with Crippen molar-refractivity contribution in [2.45, 2.75) is 91.3 Å². The van der Waals surface area contributed by atoms with Gasteiger partial charge in [0.1, 0.15) is 27.6 Å². The van der Waals surface area contributed by atoms with Crippen LogP contribution in [0.3, 0.4) is 0 Å². The summed E-state index contributed by atoms with van der Waals surface area (Å²) in [5, 5.41) is 21.8. The molecule has 256 valence electrons. The first-order chi connectivity index (χ1) is 21.5. The topological polar surface area (TPSA) is 189 Å². The standard InChI is InChI=1S/C30H46N6O8S2/c1-29(2,3)43-27(41)33-13-7-8-16-36(28(42)44-30(4,5)6)17-9-14-32-25(40)20-18-46-26(35-20)21-19-45-23(34-21)12-15-31-22(37)10-11-24(38)39/h18-19H,7-17H2,1-6H3,(H,31,37)(H,32,40)(H,33,41)(H,38,39). The van der Waals surface area contributed by atoms with Crippen molar-refractivity contribution in [2.75, 3.05) is 32.7 Å². The van der Waals surface area contributed by atoms with Gasteiger partial charge in [0.05, 0.1) is 11.4 Å². The van der Waals surface area contributed by atoms with E-state index < -0.39 is 29.4 Å². The molecule has 2 aromatic heterocycles. The van der Waals surface area contributed by atoms with E-state index in [0.717, 1.165) is 5.01 Å². The van der Waals surface area contributed by atoms with Gasteiger partial charge in [-0.1, -0.05) is 0 Å². The number of ether oxygens (including phenoxy) is 2. The summed E-state index contributed by atoms with van der Waals surface area (Å²) in [5.41, 5.74) is -0.324. The molecule has 0 aliphatic heterocycles. The Bertz CT molecular complexity index is 1310. The van der Waals surface area contributed by atoms with Gasteiger partial charge in [0.15, 0.2) is 0 Å². The summed E-state index contributed by atoms with van der Waals surface area (Å²) in [6.07, 6.45) is 1.08. The Morgan fingerprint density at radius 2 is 1.48 bits per heavy atom. The van der Waals surface area contributed by atoms with Gasteiger partial charge in [-0.15, -0.1) is 22.7 Å². The van der Waals surface area contributed by atoms with E-state index in [-0.39, 0.29) is 30.3 Å². The molecule has 46 heavy (non-hydrogen) atoms. The lowest BCUT2D eigenvalue weighted by atomic mass is 10.2. The molecule has 0 bridgehead atoms. The molecule has 2 heterocycles. The molecule has 0 aliphatic carbocycles. The number of unbranched alkanes of at least 4 members (excludes halogenated alkanes) is 1. The minimum Gasteiger partial charge on any atom is -0.481 e. The van der Waals surface area contributed by atoms with E-state index in [0.29, 0.717) is 69.1 Å². The number of carbonyl (C=O) groups is 5. The maximum absolute atomic E-state index is 12.8. The minimum absolute atomic E-state index is 0.0684. The van der Waals surface area contributed by atoms with E-state index in [9.17, 15) is 24.0 Å². The zero-order valence-corrected chi connectivity index (χ0v) is 29.0. The average Bonchev–Trinajstić information content (AvgIpc) is 3.61. The van der Waals surface area contributed by atoms with Gasteiger partial charge in [-0.2, -0.15) is 0 Å². The highest BCUT2D eigenvalue weighted by Crippen LogP contribution is 2.25. The normalized spacial score (nSPS) is 11.4. The SMILES string of the molecule is CC(C)(C)OC(=O)NCCCCN(CCCNC(=O)c1csc(-c2csc(CCNC(=O)CCC(=O)O)n2)n1)C(=O)OC(C)(C)C. The molecule has 0 atom stereocenters. The van der Waals surface area contributed by atoms with Crippen LogP contribution >= 0.6 is 22.7 Å². The Morgan fingerprint density at radius 3 is 2.15 bits per heavy atom. The summed E-state index contributed by atoms with van der Waals surface area (Å²) in [4.78, 5) is 70.2. The van der Waals surface area contributed by atoms with Crippen molar-refractivity contribution < 1.29 is 38.6 Å². The van der Waals surface area contributed by atoms with Gasteiger partial charge in [-0.3, -0.25) is 14.4 Å². The summed E-state index contributed by atoms with van der Waals surface area (Å²) >= 11 is 2.71. The van der Waals surface area contributed by atoms with Crippen LogP contribution in [-0.4, -0.2) is 93.9 Å². The quantitative estimate of drug-likeness (QED) is 0.174. The first kappa shape index (κ1) is 38.4. The van der Waals surface area contributed by atoms with Crippen molar-refractivity contribution in [3.63, 3.8) is 0 Å². The second-order valence-electron chi connectivity index (χ2n) is 12.4. The van der Waals surface area contributed by atoms with Crippen LogP contribution in [-0.2, 0) is 25.5 Å². The Morgan fingerprint density at radius 1 is 0.804 bits per heavy atom. The smallest absolute Gasteiger partial charge is 0.410 e. The van der Waals surface area contributed by atoms with Crippen molar-refractivity contribution in [2.24, 2.45) is 0 Å². The monoisotopic (exact) mass is 682 g/mol. The maximum Gasteiger partial charge on any atom is 0.410 e.